The molecule has 0 saturated carbocycles. The molecule has 0 aromatic carbocycles. The van der Waals surface area contributed by atoms with Crippen LogP contribution in [0, 0.1) is 0 Å². The van der Waals surface area contributed by atoms with Gasteiger partial charge in [-0.2, -0.15) is 0 Å². The molecule has 11 heteroatoms. The molecule has 0 spiro atoms. The smallest absolute Gasteiger partial charge is 0.326 e. The van der Waals surface area contributed by atoms with Crippen molar-refractivity contribution in [3.63, 3.8) is 0 Å². The summed E-state index contributed by atoms with van der Waals surface area (Å²) in [6.07, 6.45) is 3.05. The third kappa shape index (κ3) is 7.06. The predicted octanol–water partition coefficient (Wildman–Crippen LogP) is -2.20. The molecule has 27 heavy (non-hydrogen) atoms. The van der Waals surface area contributed by atoms with Crippen LogP contribution >= 0.6 is 0 Å². The quantitative estimate of drug-likeness (QED) is 0.229. The lowest BCUT2D eigenvalue weighted by molar-refractivity contribution is -0.142. The van der Waals surface area contributed by atoms with E-state index in [2.05, 4.69) is 10.3 Å². The molecule has 4 atom stereocenters. The molecule has 152 valence electrons. The molecular formula is C16H28N6O5. The summed E-state index contributed by atoms with van der Waals surface area (Å²) in [5.74, 6) is -2.32. The number of hydrogen-bond acceptors (Lipinski definition) is 8. The molecule has 0 unspecified atom stereocenters. The van der Waals surface area contributed by atoms with E-state index in [9.17, 15) is 24.6 Å². The minimum absolute atomic E-state index is 0.00513. The van der Waals surface area contributed by atoms with Crippen molar-refractivity contribution in [2.45, 2.75) is 56.8 Å². The van der Waals surface area contributed by atoms with Gasteiger partial charge in [0.05, 0.1) is 17.8 Å². The third-order valence-corrected chi connectivity index (χ3v) is 4.02. The van der Waals surface area contributed by atoms with Gasteiger partial charge < -0.3 is 32.7 Å². The van der Waals surface area contributed by atoms with Crippen molar-refractivity contribution >= 4 is 17.8 Å². The molecule has 9 N–H and O–H groups in total. The number of nitrogens with two attached hydrogens (primary N) is 3. The van der Waals surface area contributed by atoms with Gasteiger partial charge in [-0.05, 0) is 32.7 Å². The summed E-state index contributed by atoms with van der Waals surface area (Å²) in [6.45, 7) is 1.84. The Kier molecular flexibility index (Phi) is 9.02. The lowest BCUT2D eigenvalue weighted by Crippen LogP contribution is -2.49. The lowest BCUT2D eigenvalue weighted by Gasteiger charge is -2.17. The van der Waals surface area contributed by atoms with Crippen LogP contribution in [0.1, 0.15) is 36.7 Å². The van der Waals surface area contributed by atoms with Crippen molar-refractivity contribution in [1.29, 1.82) is 0 Å². The first-order valence-corrected chi connectivity index (χ1v) is 8.67. The number of carboxylic acid groups (broad SMARTS) is 1. The van der Waals surface area contributed by atoms with E-state index in [1.165, 1.54) is 19.4 Å². The molecule has 0 radical (unpaired) electrons. The molecule has 1 rings (SSSR count). The number of hydrogen-bond donors (Lipinski definition) is 6. The Morgan fingerprint density at radius 2 is 1.96 bits per heavy atom. The molecule has 0 aliphatic heterocycles. The van der Waals surface area contributed by atoms with Crippen molar-refractivity contribution in [3.05, 3.63) is 18.2 Å². The number of nitrogens with zero attached hydrogens (tertiary/aromatic N) is 2. The topological polar surface area (TPSA) is 200 Å². The third-order valence-electron chi connectivity index (χ3n) is 4.02. The molecule has 1 heterocycles. The molecule has 0 aliphatic rings. The van der Waals surface area contributed by atoms with E-state index in [1.54, 1.807) is 0 Å². The van der Waals surface area contributed by atoms with Crippen LogP contribution in [0.3, 0.4) is 0 Å². The number of aliphatic hydroxyl groups excluding tert-OH is 1. The molecule has 11 nitrogen and oxygen atoms in total. The number of unbranched alkanes of at least 4 members (excludes halogenated alkanes) is 1. The van der Waals surface area contributed by atoms with Gasteiger partial charge in [0.1, 0.15) is 18.4 Å². The van der Waals surface area contributed by atoms with Gasteiger partial charge in [-0.3, -0.25) is 14.2 Å². The van der Waals surface area contributed by atoms with Crippen LogP contribution < -0.4 is 22.5 Å². The minimum Gasteiger partial charge on any atom is -0.480 e. The highest BCUT2D eigenvalue weighted by Gasteiger charge is 2.25. The van der Waals surface area contributed by atoms with Gasteiger partial charge in [0.2, 0.25) is 5.91 Å². The molecule has 0 fully saturated rings. The molecule has 0 saturated heterocycles. The molecule has 1 aromatic rings. The highest BCUT2D eigenvalue weighted by molar-refractivity contribution is 5.87. The maximum absolute atomic E-state index is 12.2. The zero-order valence-electron chi connectivity index (χ0n) is 15.2. The van der Waals surface area contributed by atoms with Crippen LogP contribution in [0.4, 0.5) is 0 Å². The van der Waals surface area contributed by atoms with Crippen LogP contribution in [-0.2, 0) is 16.0 Å². The first kappa shape index (κ1) is 22.7. The number of aliphatic hydroxyl groups is 1. The maximum Gasteiger partial charge on any atom is 0.326 e. The van der Waals surface area contributed by atoms with Crippen LogP contribution in [0.2, 0.25) is 0 Å². The van der Waals surface area contributed by atoms with Crippen molar-refractivity contribution in [2.75, 3.05) is 6.54 Å². The highest BCUT2D eigenvalue weighted by Crippen LogP contribution is 2.05. The van der Waals surface area contributed by atoms with Crippen LogP contribution in [0.15, 0.2) is 12.5 Å². The van der Waals surface area contributed by atoms with Gasteiger partial charge in [0.15, 0.2) is 0 Å². The van der Waals surface area contributed by atoms with Gasteiger partial charge in [0, 0.05) is 12.6 Å². The van der Waals surface area contributed by atoms with E-state index in [0.717, 1.165) is 4.57 Å². The van der Waals surface area contributed by atoms with Gasteiger partial charge in [-0.25, -0.2) is 9.78 Å². The number of aromatic nitrogens is 2. The molecular weight excluding hydrogens is 356 g/mol. The number of aliphatic carboxylic acids is 1. The van der Waals surface area contributed by atoms with E-state index >= 15 is 0 Å². The first-order chi connectivity index (χ1) is 12.7. The second kappa shape index (κ2) is 10.7. The van der Waals surface area contributed by atoms with E-state index in [4.69, 9.17) is 17.2 Å². The van der Waals surface area contributed by atoms with E-state index in [0.29, 0.717) is 25.1 Å². The minimum atomic E-state index is -1.14. The number of carbonyl (C=O) groups excluding carboxylic acids is 2. The lowest BCUT2D eigenvalue weighted by atomic mass is 10.1. The van der Waals surface area contributed by atoms with Crippen molar-refractivity contribution in [3.8, 4) is 0 Å². The Morgan fingerprint density at radius 3 is 2.52 bits per heavy atom. The van der Waals surface area contributed by atoms with Crippen molar-refractivity contribution < 1.29 is 24.6 Å². The fourth-order valence-corrected chi connectivity index (χ4v) is 2.31. The van der Waals surface area contributed by atoms with Crippen LogP contribution in [0.5, 0.6) is 0 Å². The summed E-state index contributed by atoms with van der Waals surface area (Å²) < 4.78 is 1.12. The zero-order valence-corrected chi connectivity index (χ0v) is 15.2. The summed E-state index contributed by atoms with van der Waals surface area (Å²) >= 11 is 0. The summed E-state index contributed by atoms with van der Waals surface area (Å²) in [5.41, 5.74) is 17.1. The largest absolute Gasteiger partial charge is 0.480 e. The fraction of sp³-hybridized carbons (Fsp3) is 0.625. The Labute approximate surface area is 156 Å². The summed E-state index contributed by atoms with van der Waals surface area (Å²) in [5, 5.41) is 21.0. The fourth-order valence-electron chi connectivity index (χ4n) is 2.31. The van der Waals surface area contributed by atoms with Crippen LogP contribution in [-0.4, -0.2) is 68.3 Å². The average Bonchev–Trinajstić information content (AvgIpc) is 3.07. The number of nitrogens with one attached hydrogen (secondary N) is 1. The van der Waals surface area contributed by atoms with Crippen molar-refractivity contribution in [2.24, 2.45) is 17.2 Å². The van der Waals surface area contributed by atoms with E-state index in [1.807, 2.05) is 0 Å². The van der Waals surface area contributed by atoms with Crippen molar-refractivity contribution in [1.82, 2.24) is 14.9 Å². The molecule has 1 amide bonds. The normalized spacial score (nSPS) is 15.6. The second-order valence-electron chi connectivity index (χ2n) is 6.37. The zero-order chi connectivity index (χ0) is 20.6. The van der Waals surface area contributed by atoms with E-state index < -0.39 is 42.0 Å². The molecule has 1 aromatic heterocycles. The highest BCUT2D eigenvalue weighted by atomic mass is 16.4. The Balaban J connectivity index is 2.64. The van der Waals surface area contributed by atoms with Gasteiger partial charge in [-0.15, -0.1) is 0 Å². The molecule has 0 aliphatic carbocycles. The number of amides is 1. The number of carboxylic acids is 1. The maximum atomic E-state index is 12.2. The first-order valence-electron chi connectivity index (χ1n) is 8.67. The Morgan fingerprint density at radius 1 is 1.30 bits per heavy atom. The second-order valence-corrected chi connectivity index (χ2v) is 6.37. The van der Waals surface area contributed by atoms with Gasteiger partial charge in [-0.1, -0.05) is 0 Å². The molecule has 0 bridgehead atoms. The van der Waals surface area contributed by atoms with E-state index in [-0.39, 0.29) is 12.8 Å². The monoisotopic (exact) mass is 384 g/mol. The summed E-state index contributed by atoms with van der Waals surface area (Å²) in [4.78, 5) is 39.4. The van der Waals surface area contributed by atoms with Gasteiger partial charge in [0.25, 0.3) is 5.91 Å². The van der Waals surface area contributed by atoms with Gasteiger partial charge >= 0.3 is 5.97 Å². The predicted molar refractivity (Wildman–Crippen MR) is 96.7 cm³/mol. The Bertz CT molecular complexity index is 647. The standard InChI is InChI=1S/C16H28N6O5/c1-9(23)13(19)15(25)22-7-10(20-8-22)6-11(18)14(24)21-12(16(26)27)4-2-3-5-17/h7-9,11-13,23H,2-6,17-19H2,1H3,(H,21,24)(H,26,27)/t9-,11+,12+,13+/m1/s1. The van der Waals surface area contributed by atoms with Crippen LogP contribution in [0.25, 0.3) is 0 Å². The number of carbonyl (C=O) groups is 3. The summed E-state index contributed by atoms with van der Waals surface area (Å²) in [6, 6.07) is -3.18. The Hall–Kier alpha value is -2.34. The number of imidazole rings is 1. The SMILES string of the molecule is C[C@@H](O)[C@H](N)C(=O)n1cnc(C[C@H](N)C(=O)N[C@@H](CCCCN)C(=O)O)c1. The number of rotatable bonds is 11. The average molecular weight is 384 g/mol. The summed E-state index contributed by atoms with van der Waals surface area (Å²) in [7, 11) is 0.